The number of hydrogen-bond donors (Lipinski definition) is 1. The Kier molecular flexibility index (Phi) is 3.39. The molecule has 4 heteroatoms. The summed E-state index contributed by atoms with van der Waals surface area (Å²) < 4.78 is 0. The Morgan fingerprint density at radius 3 is 2.44 bits per heavy atom. The van der Waals surface area contributed by atoms with Crippen molar-refractivity contribution in [3.63, 3.8) is 0 Å². The van der Waals surface area contributed by atoms with Crippen LogP contribution in [0.1, 0.15) is 32.3 Å². The van der Waals surface area contributed by atoms with E-state index in [4.69, 9.17) is 5.73 Å². The largest absolute Gasteiger partial charge is 0.338 e. The molecule has 1 heterocycles. The fraction of sp³-hybridized carbons (Fsp3) is 0.667. The summed E-state index contributed by atoms with van der Waals surface area (Å²) in [6.45, 7) is 5.95. The van der Waals surface area contributed by atoms with Gasteiger partial charge in [-0.3, -0.25) is 0 Å². The second-order valence-electron chi connectivity index (χ2n) is 4.78. The van der Waals surface area contributed by atoms with E-state index >= 15 is 0 Å². The van der Waals surface area contributed by atoms with E-state index in [1.165, 1.54) is 12.8 Å². The van der Waals surface area contributed by atoms with Gasteiger partial charge in [0.05, 0.1) is 0 Å². The highest BCUT2D eigenvalue weighted by molar-refractivity contribution is 5.31. The monoisotopic (exact) mass is 220 g/mol. The van der Waals surface area contributed by atoms with Gasteiger partial charge in [0.15, 0.2) is 0 Å². The van der Waals surface area contributed by atoms with E-state index in [1.807, 2.05) is 12.4 Å². The number of anilines is 1. The molecule has 2 rings (SSSR count). The van der Waals surface area contributed by atoms with Crippen molar-refractivity contribution in [1.82, 2.24) is 9.97 Å². The molecule has 1 aliphatic carbocycles. The van der Waals surface area contributed by atoms with E-state index in [2.05, 4.69) is 28.7 Å². The number of hydrogen-bond acceptors (Lipinski definition) is 4. The molecule has 0 spiro atoms. The standard InChI is InChI=1S/C12H20N4/c1-9(2)16(8-10-3-4-10)12-14-6-11(5-13)7-15-12/h6-7,9-10H,3-5,8,13H2,1-2H3. The molecule has 88 valence electrons. The number of rotatable bonds is 5. The van der Waals surface area contributed by atoms with E-state index in [9.17, 15) is 0 Å². The van der Waals surface area contributed by atoms with Gasteiger partial charge in [0.1, 0.15) is 0 Å². The zero-order valence-electron chi connectivity index (χ0n) is 10.1. The molecule has 1 aliphatic rings. The van der Waals surface area contributed by atoms with Gasteiger partial charge in [0.2, 0.25) is 5.95 Å². The molecule has 0 atom stereocenters. The molecule has 0 unspecified atom stereocenters. The zero-order chi connectivity index (χ0) is 11.5. The van der Waals surface area contributed by atoms with E-state index in [1.54, 1.807) is 0 Å². The zero-order valence-corrected chi connectivity index (χ0v) is 10.1. The Bertz CT molecular complexity index is 329. The van der Waals surface area contributed by atoms with Gasteiger partial charge in [-0.1, -0.05) is 0 Å². The molecule has 0 aliphatic heterocycles. The lowest BCUT2D eigenvalue weighted by Gasteiger charge is -2.26. The SMILES string of the molecule is CC(C)N(CC1CC1)c1ncc(CN)cn1. The first-order valence-corrected chi connectivity index (χ1v) is 5.98. The van der Waals surface area contributed by atoms with Crippen LogP contribution in [0.5, 0.6) is 0 Å². The third-order valence-corrected chi connectivity index (χ3v) is 2.96. The fourth-order valence-electron chi connectivity index (χ4n) is 1.70. The Morgan fingerprint density at radius 2 is 2.00 bits per heavy atom. The molecular formula is C12H20N4. The molecule has 0 amide bonds. The summed E-state index contributed by atoms with van der Waals surface area (Å²) in [5.41, 5.74) is 6.52. The van der Waals surface area contributed by atoms with Crippen molar-refractivity contribution in [3.05, 3.63) is 18.0 Å². The number of nitrogens with zero attached hydrogens (tertiary/aromatic N) is 3. The summed E-state index contributed by atoms with van der Waals surface area (Å²) >= 11 is 0. The highest BCUT2D eigenvalue weighted by Gasteiger charge is 2.26. The van der Waals surface area contributed by atoms with Gasteiger partial charge in [-0.2, -0.15) is 0 Å². The Balaban J connectivity index is 2.10. The minimum Gasteiger partial charge on any atom is -0.338 e. The number of nitrogens with two attached hydrogens (primary N) is 1. The van der Waals surface area contributed by atoms with E-state index < -0.39 is 0 Å². The van der Waals surface area contributed by atoms with E-state index in [0.717, 1.165) is 24.0 Å². The topological polar surface area (TPSA) is 55.0 Å². The average molecular weight is 220 g/mol. The van der Waals surface area contributed by atoms with E-state index in [-0.39, 0.29) is 0 Å². The first kappa shape index (κ1) is 11.3. The fourth-order valence-corrected chi connectivity index (χ4v) is 1.70. The van der Waals surface area contributed by atoms with Gasteiger partial charge in [0.25, 0.3) is 0 Å². The predicted molar refractivity (Wildman–Crippen MR) is 65.1 cm³/mol. The lowest BCUT2D eigenvalue weighted by molar-refractivity contribution is 0.626. The van der Waals surface area contributed by atoms with Gasteiger partial charge in [0, 0.05) is 37.1 Å². The van der Waals surface area contributed by atoms with Crippen molar-refractivity contribution in [2.75, 3.05) is 11.4 Å². The van der Waals surface area contributed by atoms with Crippen molar-refractivity contribution in [2.24, 2.45) is 11.7 Å². The molecule has 1 saturated carbocycles. The Labute approximate surface area is 96.9 Å². The minimum atomic E-state index is 0.448. The Morgan fingerprint density at radius 1 is 1.38 bits per heavy atom. The first-order chi connectivity index (χ1) is 7.70. The van der Waals surface area contributed by atoms with E-state index in [0.29, 0.717) is 12.6 Å². The Hall–Kier alpha value is -1.16. The third kappa shape index (κ3) is 2.70. The van der Waals surface area contributed by atoms with Crippen molar-refractivity contribution in [2.45, 2.75) is 39.3 Å². The van der Waals surface area contributed by atoms with Crippen molar-refractivity contribution in [1.29, 1.82) is 0 Å². The van der Waals surface area contributed by atoms with Crippen LogP contribution < -0.4 is 10.6 Å². The van der Waals surface area contributed by atoms with Gasteiger partial charge in [-0.25, -0.2) is 9.97 Å². The molecule has 1 aromatic heterocycles. The summed E-state index contributed by atoms with van der Waals surface area (Å²) in [7, 11) is 0. The van der Waals surface area contributed by atoms with Crippen molar-refractivity contribution >= 4 is 5.95 Å². The summed E-state index contributed by atoms with van der Waals surface area (Å²) in [5, 5.41) is 0. The molecular weight excluding hydrogens is 200 g/mol. The molecule has 0 radical (unpaired) electrons. The summed E-state index contributed by atoms with van der Waals surface area (Å²) in [6.07, 6.45) is 6.35. The first-order valence-electron chi connectivity index (χ1n) is 5.98. The highest BCUT2D eigenvalue weighted by atomic mass is 15.3. The smallest absolute Gasteiger partial charge is 0.225 e. The third-order valence-electron chi connectivity index (χ3n) is 2.96. The maximum atomic E-state index is 5.53. The van der Waals surface area contributed by atoms with Crippen LogP contribution in [0.4, 0.5) is 5.95 Å². The van der Waals surface area contributed by atoms with Gasteiger partial charge in [-0.05, 0) is 32.6 Å². The summed E-state index contributed by atoms with van der Waals surface area (Å²) in [4.78, 5) is 11.0. The predicted octanol–water partition coefficient (Wildman–Crippen LogP) is 1.56. The van der Waals surface area contributed by atoms with Crippen molar-refractivity contribution in [3.8, 4) is 0 Å². The van der Waals surface area contributed by atoms with Crippen LogP contribution in [0.2, 0.25) is 0 Å². The maximum absolute atomic E-state index is 5.53. The van der Waals surface area contributed by atoms with Gasteiger partial charge < -0.3 is 10.6 Å². The minimum absolute atomic E-state index is 0.448. The molecule has 0 saturated heterocycles. The summed E-state index contributed by atoms with van der Waals surface area (Å²) in [6, 6.07) is 0.448. The lowest BCUT2D eigenvalue weighted by atomic mass is 10.3. The molecule has 2 N–H and O–H groups in total. The van der Waals surface area contributed by atoms with Crippen molar-refractivity contribution < 1.29 is 0 Å². The van der Waals surface area contributed by atoms with Crippen LogP contribution in [0.3, 0.4) is 0 Å². The van der Waals surface area contributed by atoms with Crippen LogP contribution >= 0.6 is 0 Å². The second kappa shape index (κ2) is 4.78. The average Bonchev–Trinajstić information content (AvgIpc) is 3.09. The quantitative estimate of drug-likeness (QED) is 0.818. The lowest BCUT2D eigenvalue weighted by Crippen LogP contribution is -2.34. The number of aromatic nitrogens is 2. The molecule has 1 fully saturated rings. The maximum Gasteiger partial charge on any atom is 0.225 e. The molecule has 0 bridgehead atoms. The summed E-state index contributed by atoms with van der Waals surface area (Å²) in [5.74, 6) is 1.68. The van der Waals surface area contributed by atoms with Gasteiger partial charge >= 0.3 is 0 Å². The van der Waals surface area contributed by atoms with Crippen LogP contribution in [0, 0.1) is 5.92 Å². The van der Waals surface area contributed by atoms with Crippen LogP contribution in [0.25, 0.3) is 0 Å². The van der Waals surface area contributed by atoms with Crippen LogP contribution in [-0.2, 0) is 6.54 Å². The van der Waals surface area contributed by atoms with Gasteiger partial charge in [-0.15, -0.1) is 0 Å². The highest BCUT2D eigenvalue weighted by Crippen LogP contribution is 2.31. The normalized spacial score (nSPS) is 15.5. The molecule has 1 aromatic rings. The second-order valence-corrected chi connectivity index (χ2v) is 4.78. The molecule has 0 aromatic carbocycles. The van der Waals surface area contributed by atoms with Crippen LogP contribution in [0.15, 0.2) is 12.4 Å². The van der Waals surface area contributed by atoms with Crippen LogP contribution in [-0.4, -0.2) is 22.6 Å². The molecule has 16 heavy (non-hydrogen) atoms. The molecule has 4 nitrogen and oxygen atoms in total.